The first-order valence-corrected chi connectivity index (χ1v) is 10.0. The van der Waals surface area contributed by atoms with Crippen LogP contribution in [0.2, 0.25) is 0 Å². The molecule has 0 radical (unpaired) electrons. The number of hydrogen-bond donors (Lipinski definition) is 1. The molecule has 0 aliphatic rings. The second kappa shape index (κ2) is 8.75. The molecule has 0 spiro atoms. The first-order valence-electron chi connectivity index (χ1n) is 10.0. The first-order chi connectivity index (χ1) is 15.0. The number of nitrogens with zero attached hydrogens (tertiary/aromatic N) is 3. The molecule has 154 valence electrons. The van der Waals surface area contributed by atoms with E-state index in [9.17, 15) is 9.59 Å². The number of hydrogen-bond acceptors (Lipinski definition) is 4. The van der Waals surface area contributed by atoms with Crippen molar-refractivity contribution >= 4 is 22.9 Å². The molecule has 1 amide bonds. The van der Waals surface area contributed by atoms with E-state index in [2.05, 4.69) is 27.8 Å². The Morgan fingerprint density at radius 3 is 2.19 bits per heavy atom. The van der Waals surface area contributed by atoms with E-state index in [1.807, 2.05) is 56.3 Å². The van der Waals surface area contributed by atoms with Crippen LogP contribution >= 0.6 is 0 Å². The molecular weight excluding hydrogens is 388 g/mol. The van der Waals surface area contributed by atoms with Crippen LogP contribution in [0.5, 0.6) is 0 Å². The Hall–Kier alpha value is -4.06. The van der Waals surface area contributed by atoms with Gasteiger partial charge in [0.15, 0.2) is 5.69 Å². The highest BCUT2D eigenvalue weighted by Crippen LogP contribution is 2.19. The number of fused-ring (bicyclic) bond motifs is 1. The van der Waals surface area contributed by atoms with Crippen molar-refractivity contribution in [3.63, 3.8) is 0 Å². The fraction of sp³-hybridized carbons (Fsp3) is 0.120. The van der Waals surface area contributed by atoms with Gasteiger partial charge in [-0.15, -0.1) is 0 Å². The summed E-state index contributed by atoms with van der Waals surface area (Å²) in [6.07, 6.45) is 1.58. The third-order valence-corrected chi connectivity index (χ3v) is 4.93. The van der Waals surface area contributed by atoms with E-state index in [0.29, 0.717) is 10.8 Å². The number of rotatable bonds is 5. The van der Waals surface area contributed by atoms with Crippen molar-refractivity contribution in [2.75, 3.05) is 0 Å². The quantitative estimate of drug-likeness (QED) is 0.391. The van der Waals surface area contributed by atoms with Gasteiger partial charge in [-0.3, -0.25) is 9.59 Å². The minimum absolute atomic E-state index is 0.167. The second-order valence-electron chi connectivity index (χ2n) is 7.42. The van der Waals surface area contributed by atoms with Crippen molar-refractivity contribution in [3.05, 3.63) is 100 Å². The summed E-state index contributed by atoms with van der Waals surface area (Å²) in [4.78, 5) is 25.4. The van der Waals surface area contributed by atoms with Crippen molar-refractivity contribution in [3.8, 4) is 11.1 Å². The molecule has 0 aliphatic heterocycles. The second-order valence-corrected chi connectivity index (χ2v) is 7.42. The number of carbonyl (C=O) groups is 1. The monoisotopic (exact) mass is 410 g/mol. The summed E-state index contributed by atoms with van der Waals surface area (Å²) < 4.78 is 1.32. The molecule has 6 nitrogen and oxygen atoms in total. The zero-order valence-corrected chi connectivity index (χ0v) is 17.3. The average molecular weight is 410 g/mol. The number of carbonyl (C=O) groups excluding carboxylic acids is 1. The summed E-state index contributed by atoms with van der Waals surface area (Å²) in [5.41, 5.74) is 5.57. The Kier molecular flexibility index (Phi) is 5.71. The van der Waals surface area contributed by atoms with Gasteiger partial charge >= 0.3 is 0 Å². The molecule has 1 N–H and O–H groups in total. The van der Waals surface area contributed by atoms with Crippen molar-refractivity contribution in [1.82, 2.24) is 15.2 Å². The van der Waals surface area contributed by atoms with E-state index >= 15 is 0 Å². The molecule has 3 aromatic carbocycles. The molecule has 0 atom stereocenters. The summed E-state index contributed by atoms with van der Waals surface area (Å²) in [5, 5.41) is 9.32. The van der Waals surface area contributed by atoms with Gasteiger partial charge in [0.2, 0.25) is 0 Å². The fourth-order valence-electron chi connectivity index (χ4n) is 3.33. The van der Waals surface area contributed by atoms with Gasteiger partial charge in [0, 0.05) is 5.39 Å². The Bertz CT molecular complexity index is 1310. The van der Waals surface area contributed by atoms with Gasteiger partial charge in [0.1, 0.15) is 0 Å². The molecular formula is C25H22N4O2. The van der Waals surface area contributed by atoms with Crippen LogP contribution in [-0.4, -0.2) is 21.9 Å². The maximum absolute atomic E-state index is 12.8. The number of hydrazone groups is 1. The Labute approximate surface area is 179 Å². The third kappa shape index (κ3) is 4.28. The van der Waals surface area contributed by atoms with Gasteiger partial charge in [-0.25, -0.2) is 10.1 Å². The molecule has 1 aromatic heterocycles. The van der Waals surface area contributed by atoms with Crippen LogP contribution in [0.3, 0.4) is 0 Å². The maximum Gasteiger partial charge on any atom is 0.292 e. The number of benzene rings is 3. The normalized spacial score (nSPS) is 11.3. The first kappa shape index (κ1) is 20.2. The highest BCUT2D eigenvalue weighted by atomic mass is 16.2. The summed E-state index contributed by atoms with van der Waals surface area (Å²) in [6, 6.07) is 24.8. The Balaban J connectivity index is 1.55. The molecule has 0 saturated heterocycles. The van der Waals surface area contributed by atoms with E-state index in [-0.39, 0.29) is 17.3 Å². The van der Waals surface area contributed by atoms with E-state index < -0.39 is 5.91 Å². The maximum atomic E-state index is 12.8. The lowest BCUT2D eigenvalue weighted by Crippen LogP contribution is -2.30. The minimum atomic E-state index is -0.470. The van der Waals surface area contributed by atoms with Gasteiger partial charge in [0.05, 0.1) is 17.6 Å². The van der Waals surface area contributed by atoms with Crippen molar-refractivity contribution in [2.45, 2.75) is 19.9 Å². The lowest BCUT2D eigenvalue weighted by molar-refractivity contribution is 0.0949. The molecule has 1 heterocycles. The van der Waals surface area contributed by atoms with Crippen LogP contribution in [0.25, 0.3) is 21.9 Å². The lowest BCUT2D eigenvalue weighted by atomic mass is 10.0. The molecule has 6 heteroatoms. The smallest absolute Gasteiger partial charge is 0.267 e. The van der Waals surface area contributed by atoms with Crippen molar-refractivity contribution in [1.29, 1.82) is 0 Å². The van der Waals surface area contributed by atoms with Crippen molar-refractivity contribution in [2.24, 2.45) is 5.10 Å². The van der Waals surface area contributed by atoms with Gasteiger partial charge < -0.3 is 0 Å². The molecule has 0 fully saturated rings. The highest BCUT2D eigenvalue weighted by Gasteiger charge is 2.17. The van der Waals surface area contributed by atoms with Crippen LogP contribution < -0.4 is 11.0 Å². The molecule has 0 unspecified atom stereocenters. The van der Waals surface area contributed by atoms with Crippen LogP contribution in [0.15, 0.2) is 88.8 Å². The van der Waals surface area contributed by atoms with Crippen molar-refractivity contribution < 1.29 is 4.79 Å². The van der Waals surface area contributed by atoms with Gasteiger partial charge in [-0.2, -0.15) is 10.2 Å². The van der Waals surface area contributed by atoms with Crippen LogP contribution in [0.4, 0.5) is 0 Å². The zero-order valence-electron chi connectivity index (χ0n) is 17.3. The predicted octanol–water partition coefficient (Wildman–Crippen LogP) is 4.41. The summed E-state index contributed by atoms with van der Waals surface area (Å²) in [7, 11) is 0. The van der Waals surface area contributed by atoms with Gasteiger partial charge in [0.25, 0.3) is 11.5 Å². The number of nitrogens with one attached hydrogen (secondary N) is 1. The lowest BCUT2D eigenvalue weighted by Gasteiger charge is -2.12. The number of aromatic nitrogens is 2. The largest absolute Gasteiger partial charge is 0.292 e. The Morgan fingerprint density at radius 2 is 1.52 bits per heavy atom. The molecule has 0 aliphatic carbocycles. The zero-order chi connectivity index (χ0) is 21.8. The summed E-state index contributed by atoms with van der Waals surface area (Å²) in [6.45, 7) is 3.70. The topological polar surface area (TPSA) is 76.3 Å². The van der Waals surface area contributed by atoms with Crippen LogP contribution in [0, 0.1) is 0 Å². The van der Waals surface area contributed by atoms with E-state index in [1.165, 1.54) is 4.68 Å². The SMILES string of the molecule is CC(C)n1nc(C(=O)N/N=C\c2ccc(-c3ccccc3)cc2)c2ccccc2c1=O. The third-order valence-electron chi connectivity index (χ3n) is 4.93. The summed E-state index contributed by atoms with van der Waals surface area (Å²) in [5.74, 6) is -0.470. The average Bonchev–Trinajstić information content (AvgIpc) is 2.80. The predicted molar refractivity (Wildman–Crippen MR) is 123 cm³/mol. The van der Waals surface area contributed by atoms with E-state index in [4.69, 9.17) is 0 Å². The fourth-order valence-corrected chi connectivity index (χ4v) is 3.33. The molecule has 4 rings (SSSR count). The number of amides is 1. The Morgan fingerprint density at radius 1 is 0.903 bits per heavy atom. The van der Waals surface area contributed by atoms with Gasteiger partial charge in [-0.05, 0) is 36.6 Å². The molecule has 0 bridgehead atoms. The standard InChI is InChI=1S/C25H22N4O2/c1-17(2)29-25(31)22-11-7-6-10-21(22)23(28-29)24(30)27-26-16-18-12-14-20(15-13-18)19-8-4-3-5-9-19/h3-17H,1-2H3,(H,27,30)/b26-16-. The summed E-state index contributed by atoms with van der Waals surface area (Å²) >= 11 is 0. The minimum Gasteiger partial charge on any atom is -0.267 e. The molecule has 31 heavy (non-hydrogen) atoms. The van der Waals surface area contributed by atoms with E-state index in [0.717, 1.165) is 16.7 Å². The van der Waals surface area contributed by atoms with E-state index in [1.54, 1.807) is 30.5 Å². The van der Waals surface area contributed by atoms with Crippen LogP contribution in [0.1, 0.15) is 35.9 Å². The molecule has 0 saturated carbocycles. The highest BCUT2D eigenvalue weighted by molar-refractivity contribution is 6.05. The van der Waals surface area contributed by atoms with Crippen LogP contribution in [-0.2, 0) is 0 Å². The van der Waals surface area contributed by atoms with Gasteiger partial charge in [-0.1, -0.05) is 72.8 Å². The molecule has 4 aromatic rings.